The van der Waals surface area contributed by atoms with Crippen molar-refractivity contribution in [3.63, 3.8) is 0 Å². The van der Waals surface area contributed by atoms with Crippen LogP contribution in [0.25, 0.3) is 0 Å². The number of aliphatic hydroxyl groups is 1. The standard InChI is InChI=1S/C14H21ClN2O3S/c1-10-11(9-18)7-12(15)8-14(10)21(19,20)16-13-3-5-17(2)6-4-13/h7-8,13,16,18H,3-6,9H2,1-2H3. The molecule has 1 aromatic carbocycles. The van der Waals surface area contributed by atoms with Gasteiger partial charge >= 0.3 is 0 Å². The first-order valence-electron chi connectivity index (χ1n) is 6.94. The van der Waals surface area contributed by atoms with E-state index in [1.54, 1.807) is 13.0 Å². The summed E-state index contributed by atoms with van der Waals surface area (Å²) < 4.78 is 27.9. The first-order valence-corrected chi connectivity index (χ1v) is 8.80. The largest absolute Gasteiger partial charge is 0.392 e. The van der Waals surface area contributed by atoms with Crippen LogP contribution in [-0.2, 0) is 16.6 Å². The monoisotopic (exact) mass is 332 g/mol. The molecule has 0 saturated carbocycles. The van der Waals surface area contributed by atoms with E-state index < -0.39 is 10.0 Å². The predicted molar refractivity (Wildman–Crippen MR) is 83.0 cm³/mol. The summed E-state index contributed by atoms with van der Waals surface area (Å²) in [7, 11) is -1.60. The number of benzene rings is 1. The quantitative estimate of drug-likeness (QED) is 0.877. The normalized spacial score (nSPS) is 18.1. The Labute approximate surface area is 131 Å². The molecular weight excluding hydrogens is 312 g/mol. The third kappa shape index (κ3) is 3.96. The summed E-state index contributed by atoms with van der Waals surface area (Å²) in [5.41, 5.74) is 1.08. The highest BCUT2D eigenvalue weighted by Crippen LogP contribution is 2.25. The van der Waals surface area contributed by atoms with Gasteiger partial charge in [-0.05, 0) is 63.2 Å². The molecule has 0 aliphatic carbocycles. The van der Waals surface area contributed by atoms with Crippen molar-refractivity contribution in [2.45, 2.75) is 37.3 Å². The third-order valence-electron chi connectivity index (χ3n) is 3.93. The number of likely N-dealkylation sites (tertiary alicyclic amines) is 1. The molecule has 1 fully saturated rings. The first-order chi connectivity index (χ1) is 9.83. The van der Waals surface area contributed by atoms with Crippen LogP contribution in [0.2, 0.25) is 5.02 Å². The highest BCUT2D eigenvalue weighted by Gasteiger charge is 2.25. The van der Waals surface area contributed by atoms with Crippen molar-refractivity contribution < 1.29 is 13.5 Å². The van der Waals surface area contributed by atoms with Gasteiger partial charge in [-0.1, -0.05) is 11.6 Å². The van der Waals surface area contributed by atoms with E-state index in [0.717, 1.165) is 25.9 Å². The molecule has 0 aromatic heterocycles. The zero-order chi connectivity index (χ0) is 15.6. The molecule has 0 bridgehead atoms. The van der Waals surface area contributed by atoms with Gasteiger partial charge in [0, 0.05) is 11.1 Å². The van der Waals surface area contributed by atoms with Crippen LogP contribution in [0.15, 0.2) is 17.0 Å². The van der Waals surface area contributed by atoms with Gasteiger partial charge in [-0.2, -0.15) is 0 Å². The Hall–Kier alpha value is -0.660. The minimum absolute atomic E-state index is 0.0536. The fourth-order valence-electron chi connectivity index (χ4n) is 2.56. The molecule has 118 valence electrons. The lowest BCUT2D eigenvalue weighted by Gasteiger charge is -2.29. The van der Waals surface area contributed by atoms with Crippen LogP contribution >= 0.6 is 11.6 Å². The maximum Gasteiger partial charge on any atom is 0.241 e. The van der Waals surface area contributed by atoms with E-state index in [2.05, 4.69) is 9.62 Å². The van der Waals surface area contributed by atoms with Crippen molar-refractivity contribution >= 4 is 21.6 Å². The lowest BCUT2D eigenvalue weighted by molar-refractivity contribution is 0.248. The van der Waals surface area contributed by atoms with Crippen LogP contribution in [0.4, 0.5) is 0 Å². The van der Waals surface area contributed by atoms with Crippen molar-refractivity contribution in [2.24, 2.45) is 0 Å². The zero-order valence-corrected chi connectivity index (χ0v) is 13.8. The number of nitrogens with one attached hydrogen (secondary N) is 1. The van der Waals surface area contributed by atoms with E-state index in [1.807, 2.05) is 7.05 Å². The fourth-order valence-corrected chi connectivity index (χ4v) is 4.48. The van der Waals surface area contributed by atoms with Crippen molar-refractivity contribution in [3.8, 4) is 0 Å². The van der Waals surface area contributed by atoms with E-state index in [9.17, 15) is 13.5 Å². The van der Waals surface area contributed by atoms with Crippen molar-refractivity contribution in [3.05, 3.63) is 28.3 Å². The van der Waals surface area contributed by atoms with Gasteiger partial charge in [0.1, 0.15) is 0 Å². The van der Waals surface area contributed by atoms with Gasteiger partial charge in [0.15, 0.2) is 0 Å². The van der Waals surface area contributed by atoms with E-state index in [1.165, 1.54) is 6.07 Å². The molecule has 1 aliphatic heterocycles. The second-order valence-electron chi connectivity index (χ2n) is 5.55. The maximum absolute atomic E-state index is 12.6. The number of hydrogen-bond donors (Lipinski definition) is 2. The molecule has 0 amide bonds. The van der Waals surface area contributed by atoms with Gasteiger partial charge in [-0.25, -0.2) is 13.1 Å². The SMILES string of the molecule is Cc1c(CO)cc(Cl)cc1S(=O)(=O)NC1CCN(C)CC1. The van der Waals surface area contributed by atoms with E-state index in [0.29, 0.717) is 16.1 Å². The molecule has 5 nitrogen and oxygen atoms in total. The van der Waals surface area contributed by atoms with Crippen LogP contribution < -0.4 is 4.72 Å². The van der Waals surface area contributed by atoms with Gasteiger partial charge in [0.2, 0.25) is 10.0 Å². The predicted octanol–water partition coefficient (Wildman–Crippen LogP) is 1.51. The third-order valence-corrected chi connectivity index (χ3v) is 5.80. The summed E-state index contributed by atoms with van der Waals surface area (Å²) in [6.07, 6.45) is 1.59. The van der Waals surface area contributed by atoms with E-state index in [-0.39, 0.29) is 17.5 Å². The molecule has 2 rings (SSSR count). The minimum Gasteiger partial charge on any atom is -0.392 e. The fraction of sp³-hybridized carbons (Fsp3) is 0.571. The number of piperidine rings is 1. The second-order valence-corrected chi connectivity index (χ2v) is 7.66. The Bertz CT molecular complexity index is 611. The Balaban J connectivity index is 2.25. The van der Waals surface area contributed by atoms with Crippen molar-refractivity contribution in [1.82, 2.24) is 9.62 Å². The average molecular weight is 333 g/mol. The summed E-state index contributed by atoms with van der Waals surface area (Å²) in [4.78, 5) is 2.33. The maximum atomic E-state index is 12.6. The second kappa shape index (κ2) is 6.62. The Kier molecular flexibility index (Phi) is 5.27. The number of sulfonamides is 1. The van der Waals surface area contributed by atoms with Crippen molar-refractivity contribution in [2.75, 3.05) is 20.1 Å². The summed E-state index contributed by atoms with van der Waals surface area (Å²) in [6, 6.07) is 2.97. The van der Waals surface area contributed by atoms with Crippen LogP contribution in [-0.4, -0.2) is 44.6 Å². The highest BCUT2D eigenvalue weighted by molar-refractivity contribution is 7.89. The zero-order valence-electron chi connectivity index (χ0n) is 12.3. The molecular formula is C14H21ClN2O3S. The Morgan fingerprint density at radius 3 is 2.57 bits per heavy atom. The van der Waals surface area contributed by atoms with Gasteiger partial charge in [0.05, 0.1) is 11.5 Å². The minimum atomic E-state index is -3.63. The molecule has 1 saturated heterocycles. The lowest BCUT2D eigenvalue weighted by atomic mass is 10.1. The molecule has 1 aromatic rings. The van der Waals surface area contributed by atoms with Gasteiger partial charge in [-0.15, -0.1) is 0 Å². The smallest absolute Gasteiger partial charge is 0.241 e. The molecule has 1 aliphatic rings. The van der Waals surface area contributed by atoms with Crippen LogP contribution in [0.3, 0.4) is 0 Å². The summed E-state index contributed by atoms with van der Waals surface area (Å²) in [5.74, 6) is 0. The molecule has 0 unspecified atom stereocenters. The van der Waals surface area contributed by atoms with E-state index >= 15 is 0 Å². The van der Waals surface area contributed by atoms with Crippen LogP contribution in [0.1, 0.15) is 24.0 Å². The summed E-state index contributed by atoms with van der Waals surface area (Å²) in [6.45, 7) is 3.21. The lowest BCUT2D eigenvalue weighted by Crippen LogP contribution is -2.43. The molecule has 7 heteroatoms. The molecule has 1 heterocycles. The summed E-state index contributed by atoms with van der Waals surface area (Å²) >= 11 is 5.96. The molecule has 0 spiro atoms. The Morgan fingerprint density at radius 2 is 2.00 bits per heavy atom. The number of aliphatic hydroxyl groups excluding tert-OH is 1. The first kappa shape index (κ1) is 16.7. The average Bonchev–Trinajstić information content (AvgIpc) is 2.43. The number of nitrogens with zero attached hydrogens (tertiary/aromatic N) is 1. The highest BCUT2D eigenvalue weighted by atomic mass is 35.5. The Morgan fingerprint density at radius 1 is 1.38 bits per heavy atom. The van der Waals surface area contributed by atoms with Gasteiger partial charge in [-0.3, -0.25) is 0 Å². The van der Waals surface area contributed by atoms with Gasteiger partial charge in [0.25, 0.3) is 0 Å². The van der Waals surface area contributed by atoms with Crippen molar-refractivity contribution in [1.29, 1.82) is 0 Å². The molecule has 2 N–H and O–H groups in total. The van der Waals surface area contributed by atoms with E-state index in [4.69, 9.17) is 11.6 Å². The number of halogens is 1. The molecule has 0 radical (unpaired) electrons. The van der Waals surface area contributed by atoms with Crippen LogP contribution in [0, 0.1) is 6.92 Å². The molecule has 21 heavy (non-hydrogen) atoms. The van der Waals surface area contributed by atoms with Gasteiger partial charge < -0.3 is 10.0 Å². The topological polar surface area (TPSA) is 69.6 Å². The van der Waals surface area contributed by atoms with Crippen LogP contribution in [0.5, 0.6) is 0 Å². The number of rotatable bonds is 4. The number of hydrogen-bond acceptors (Lipinski definition) is 4. The summed E-state index contributed by atoms with van der Waals surface area (Å²) in [5, 5.41) is 9.62. The molecule has 0 atom stereocenters.